The number of nitrogens with one attached hydrogen (secondary N) is 1. The van der Waals surface area contributed by atoms with Gasteiger partial charge < -0.3 is 15.0 Å². The van der Waals surface area contributed by atoms with Crippen molar-refractivity contribution < 1.29 is 9.53 Å². The second-order valence-electron chi connectivity index (χ2n) is 5.58. The molecule has 1 amide bonds. The lowest BCUT2D eigenvalue weighted by Gasteiger charge is -2.38. The summed E-state index contributed by atoms with van der Waals surface area (Å²) in [5.41, 5.74) is 0. The Hall–Kier alpha value is -0.610. The maximum Gasteiger partial charge on any atom is 0.227 e. The van der Waals surface area contributed by atoms with E-state index >= 15 is 0 Å². The summed E-state index contributed by atoms with van der Waals surface area (Å²) in [6.07, 6.45) is 2.45. The van der Waals surface area contributed by atoms with Gasteiger partial charge in [0, 0.05) is 25.7 Å². The van der Waals surface area contributed by atoms with Crippen molar-refractivity contribution >= 4 is 5.91 Å². The molecule has 98 valence electrons. The summed E-state index contributed by atoms with van der Waals surface area (Å²) in [6, 6.07) is 0.557. The molecule has 0 aromatic heterocycles. The Morgan fingerprint density at radius 3 is 2.35 bits per heavy atom. The SMILES string of the molecule is CC1CCC(C(=O)N2CC(C)OC(C)C2)CN1. The normalized spacial score (nSPS) is 39.1. The van der Waals surface area contributed by atoms with Gasteiger partial charge in [-0.05, 0) is 33.6 Å². The largest absolute Gasteiger partial charge is 0.372 e. The van der Waals surface area contributed by atoms with E-state index in [9.17, 15) is 4.79 Å². The van der Waals surface area contributed by atoms with Crippen LogP contribution < -0.4 is 5.32 Å². The van der Waals surface area contributed by atoms with Crippen molar-refractivity contribution in [1.29, 1.82) is 0 Å². The number of amides is 1. The summed E-state index contributed by atoms with van der Waals surface area (Å²) in [4.78, 5) is 14.4. The Balaban J connectivity index is 1.90. The highest BCUT2D eigenvalue weighted by Crippen LogP contribution is 2.19. The second kappa shape index (κ2) is 5.36. The fourth-order valence-corrected chi connectivity index (χ4v) is 2.83. The van der Waals surface area contributed by atoms with Crippen LogP contribution in [0.1, 0.15) is 33.6 Å². The Morgan fingerprint density at radius 2 is 1.82 bits per heavy atom. The summed E-state index contributed by atoms with van der Waals surface area (Å²) in [7, 11) is 0. The second-order valence-corrected chi connectivity index (χ2v) is 5.58. The molecule has 4 atom stereocenters. The van der Waals surface area contributed by atoms with Crippen molar-refractivity contribution in [3.05, 3.63) is 0 Å². The van der Waals surface area contributed by atoms with Gasteiger partial charge in [0.1, 0.15) is 0 Å². The van der Waals surface area contributed by atoms with E-state index in [1.54, 1.807) is 0 Å². The summed E-state index contributed by atoms with van der Waals surface area (Å²) in [5, 5.41) is 3.40. The van der Waals surface area contributed by atoms with Crippen LogP contribution in [-0.2, 0) is 9.53 Å². The summed E-state index contributed by atoms with van der Waals surface area (Å²) in [6.45, 7) is 8.58. The van der Waals surface area contributed by atoms with Crippen molar-refractivity contribution in [3.63, 3.8) is 0 Å². The third-order valence-corrected chi connectivity index (χ3v) is 3.74. The molecule has 0 aromatic carbocycles. The zero-order valence-electron chi connectivity index (χ0n) is 11.1. The molecule has 2 saturated heterocycles. The van der Waals surface area contributed by atoms with Crippen LogP contribution >= 0.6 is 0 Å². The van der Waals surface area contributed by atoms with E-state index in [2.05, 4.69) is 12.2 Å². The number of piperidine rings is 1. The van der Waals surface area contributed by atoms with E-state index in [1.165, 1.54) is 0 Å². The van der Waals surface area contributed by atoms with Crippen LogP contribution in [0, 0.1) is 5.92 Å². The molecular formula is C13H24N2O2. The molecule has 0 bridgehead atoms. The number of hydrogen-bond acceptors (Lipinski definition) is 3. The first-order valence-corrected chi connectivity index (χ1v) is 6.74. The fraction of sp³-hybridized carbons (Fsp3) is 0.923. The average Bonchev–Trinajstić information content (AvgIpc) is 2.28. The Bertz CT molecular complexity index is 265. The highest BCUT2D eigenvalue weighted by molar-refractivity contribution is 5.79. The molecule has 4 unspecified atom stereocenters. The van der Waals surface area contributed by atoms with Crippen LogP contribution in [0.25, 0.3) is 0 Å². The van der Waals surface area contributed by atoms with Gasteiger partial charge in [0.15, 0.2) is 0 Å². The molecule has 0 spiro atoms. The lowest BCUT2D eigenvalue weighted by atomic mass is 9.94. The van der Waals surface area contributed by atoms with Gasteiger partial charge in [-0.15, -0.1) is 0 Å². The minimum Gasteiger partial charge on any atom is -0.372 e. The molecule has 0 saturated carbocycles. The van der Waals surface area contributed by atoms with E-state index < -0.39 is 0 Å². The van der Waals surface area contributed by atoms with Gasteiger partial charge in [0.2, 0.25) is 5.91 Å². The standard InChI is InChI=1S/C13H24N2O2/c1-9-4-5-12(6-14-9)13(16)15-7-10(2)17-11(3)8-15/h9-12,14H,4-8H2,1-3H3. The molecule has 0 aliphatic carbocycles. The molecule has 2 fully saturated rings. The topological polar surface area (TPSA) is 41.6 Å². The summed E-state index contributed by atoms with van der Waals surface area (Å²) in [5.74, 6) is 0.482. The van der Waals surface area contributed by atoms with Crippen molar-refractivity contribution in [1.82, 2.24) is 10.2 Å². The highest BCUT2D eigenvalue weighted by atomic mass is 16.5. The number of morpholine rings is 1. The third kappa shape index (κ3) is 3.19. The van der Waals surface area contributed by atoms with Crippen LogP contribution in [0.3, 0.4) is 0 Å². The molecule has 2 heterocycles. The molecule has 0 radical (unpaired) electrons. The highest BCUT2D eigenvalue weighted by Gasteiger charge is 2.32. The first-order valence-electron chi connectivity index (χ1n) is 6.74. The Kier molecular flexibility index (Phi) is 4.05. The maximum absolute atomic E-state index is 12.4. The Labute approximate surface area is 104 Å². The number of nitrogens with zero attached hydrogens (tertiary/aromatic N) is 1. The van der Waals surface area contributed by atoms with E-state index in [1.807, 2.05) is 18.7 Å². The minimum atomic E-state index is 0.165. The van der Waals surface area contributed by atoms with Gasteiger partial charge in [0.05, 0.1) is 18.1 Å². The van der Waals surface area contributed by atoms with Crippen LogP contribution in [-0.4, -0.2) is 48.7 Å². The predicted molar refractivity (Wildman–Crippen MR) is 66.8 cm³/mol. The quantitative estimate of drug-likeness (QED) is 0.744. The third-order valence-electron chi connectivity index (χ3n) is 3.74. The lowest BCUT2D eigenvalue weighted by molar-refractivity contribution is -0.148. The Morgan fingerprint density at radius 1 is 1.18 bits per heavy atom. The average molecular weight is 240 g/mol. The maximum atomic E-state index is 12.4. The van der Waals surface area contributed by atoms with E-state index in [4.69, 9.17) is 4.74 Å². The van der Waals surface area contributed by atoms with Gasteiger partial charge in [-0.1, -0.05) is 0 Å². The van der Waals surface area contributed by atoms with Crippen LogP contribution in [0.15, 0.2) is 0 Å². The van der Waals surface area contributed by atoms with Crippen LogP contribution in [0.5, 0.6) is 0 Å². The molecule has 4 heteroatoms. The van der Waals surface area contributed by atoms with E-state index in [0.717, 1.165) is 32.5 Å². The molecule has 17 heavy (non-hydrogen) atoms. The van der Waals surface area contributed by atoms with Crippen molar-refractivity contribution in [2.24, 2.45) is 5.92 Å². The predicted octanol–water partition coefficient (Wildman–Crippen LogP) is 1.01. The van der Waals surface area contributed by atoms with Crippen molar-refractivity contribution in [2.45, 2.75) is 51.9 Å². The number of carbonyl (C=O) groups is 1. The zero-order valence-corrected chi connectivity index (χ0v) is 11.1. The van der Waals surface area contributed by atoms with Gasteiger partial charge in [-0.3, -0.25) is 4.79 Å². The zero-order chi connectivity index (χ0) is 12.4. The van der Waals surface area contributed by atoms with Gasteiger partial charge in [-0.25, -0.2) is 0 Å². The number of rotatable bonds is 1. The summed E-state index contributed by atoms with van der Waals surface area (Å²) >= 11 is 0. The van der Waals surface area contributed by atoms with Crippen molar-refractivity contribution in [3.8, 4) is 0 Å². The van der Waals surface area contributed by atoms with Crippen LogP contribution in [0.2, 0.25) is 0 Å². The number of ether oxygens (including phenoxy) is 1. The van der Waals surface area contributed by atoms with Crippen molar-refractivity contribution in [2.75, 3.05) is 19.6 Å². The fourth-order valence-electron chi connectivity index (χ4n) is 2.83. The van der Waals surface area contributed by atoms with Crippen LogP contribution in [0.4, 0.5) is 0 Å². The lowest BCUT2D eigenvalue weighted by Crippen LogP contribution is -2.52. The number of hydrogen-bond donors (Lipinski definition) is 1. The first-order chi connectivity index (χ1) is 8.06. The smallest absolute Gasteiger partial charge is 0.227 e. The molecule has 1 N–H and O–H groups in total. The van der Waals surface area contributed by atoms with Gasteiger partial charge in [0.25, 0.3) is 0 Å². The van der Waals surface area contributed by atoms with Gasteiger partial charge >= 0.3 is 0 Å². The van der Waals surface area contributed by atoms with Gasteiger partial charge in [-0.2, -0.15) is 0 Å². The molecule has 2 aliphatic heterocycles. The van der Waals surface area contributed by atoms with E-state index in [-0.39, 0.29) is 18.1 Å². The molecule has 0 aromatic rings. The molecule has 4 nitrogen and oxygen atoms in total. The molecule has 2 aliphatic rings. The monoisotopic (exact) mass is 240 g/mol. The van der Waals surface area contributed by atoms with E-state index in [0.29, 0.717) is 11.9 Å². The molecule has 2 rings (SSSR count). The summed E-state index contributed by atoms with van der Waals surface area (Å²) < 4.78 is 5.66. The first kappa shape index (κ1) is 12.8. The minimum absolute atomic E-state index is 0.165. The number of carbonyl (C=O) groups excluding carboxylic acids is 1. The molecular weight excluding hydrogens is 216 g/mol.